The van der Waals surface area contributed by atoms with E-state index in [4.69, 9.17) is 0 Å². The van der Waals surface area contributed by atoms with Crippen LogP contribution in [0, 0.1) is 0 Å². The second-order valence-corrected chi connectivity index (χ2v) is 13.1. The molecule has 0 spiro atoms. The molecule has 0 saturated heterocycles. The summed E-state index contributed by atoms with van der Waals surface area (Å²) in [5.74, 6) is 0.103. The number of sulfone groups is 1. The third-order valence-corrected chi connectivity index (χ3v) is 7.02. The first-order chi connectivity index (χ1) is 15.6. The van der Waals surface area contributed by atoms with Gasteiger partial charge in [0.2, 0.25) is 0 Å². The van der Waals surface area contributed by atoms with Crippen LogP contribution in [0.25, 0.3) is 0 Å². The Morgan fingerprint density at radius 1 is 0.882 bits per heavy atom. The number of ketones is 1. The van der Waals surface area contributed by atoms with Crippen LogP contribution in [0.5, 0.6) is 5.75 Å². The van der Waals surface area contributed by atoms with Crippen LogP contribution in [0.1, 0.15) is 74.2 Å². The normalized spacial score (nSPS) is 12.7. The number of hydrogen-bond donors (Lipinski definition) is 1. The summed E-state index contributed by atoms with van der Waals surface area (Å²) < 4.78 is 26.5. The summed E-state index contributed by atoms with van der Waals surface area (Å²) in [4.78, 5) is 13.3. The Balaban J connectivity index is 2.01. The van der Waals surface area contributed by atoms with Crippen LogP contribution >= 0.6 is 0 Å². The van der Waals surface area contributed by atoms with Crippen LogP contribution in [0.15, 0.2) is 59.8 Å². The van der Waals surface area contributed by atoms with Crippen LogP contribution in [0.2, 0.25) is 0 Å². The molecule has 182 valence electrons. The topological polar surface area (TPSA) is 76.4 Å². The number of hydrogen-bond acceptors (Lipinski definition) is 4. The van der Waals surface area contributed by atoms with Gasteiger partial charge in [-0.05, 0) is 39.2 Å². The van der Waals surface area contributed by atoms with Crippen molar-refractivity contribution in [3.05, 3.63) is 82.5 Å². The summed E-state index contributed by atoms with van der Waals surface area (Å²) in [5, 5.41) is 11.1. The highest BCUT2D eigenvalue weighted by Crippen LogP contribution is 2.40. The molecule has 0 fully saturated rings. The van der Waals surface area contributed by atoms with E-state index in [0.29, 0.717) is 12.1 Å². The molecule has 0 aliphatic rings. The van der Waals surface area contributed by atoms with Gasteiger partial charge in [-0.15, -0.1) is 0 Å². The monoisotopic (exact) mass is 481 g/mol. The molecule has 0 radical (unpaired) electrons. The molecule has 34 heavy (non-hydrogen) atoms. The summed E-state index contributed by atoms with van der Waals surface area (Å²) in [6, 6.07) is 14.8. The molecule has 1 aromatic heterocycles. The van der Waals surface area contributed by atoms with Crippen molar-refractivity contribution in [1.82, 2.24) is 4.57 Å². The van der Waals surface area contributed by atoms with Crippen LogP contribution in [-0.2, 0) is 33.6 Å². The van der Waals surface area contributed by atoms with E-state index in [0.717, 1.165) is 28.5 Å². The number of phenols is 1. The SMILES string of the molecule is CC(C)(C)c1cc(CC(=O)c2cc(S(C)(=O)=O)n(Cc3ccccc3)c2)cc(C(C)(C)C)c1O. The van der Waals surface area contributed by atoms with Crippen molar-refractivity contribution >= 4 is 15.6 Å². The third-order valence-electron chi connectivity index (χ3n) is 5.91. The predicted molar refractivity (Wildman–Crippen MR) is 137 cm³/mol. The van der Waals surface area contributed by atoms with Crippen molar-refractivity contribution in [1.29, 1.82) is 0 Å². The lowest BCUT2D eigenvalue weighted by Crippen LogP contribution is -2.18. The molecule has 3 aromatic rings. The quantitative estimate of drug-likeness (QED) is 0.461. The Labute approximate surface area is 203 Å². The number of nitrogens with zero attached hydrogens (tertiary/aromatic N) is 1. The lowest BCUT2D eigenvalue weighted by Gasteiger charge is -2.28. The highest BCUT2D eigenvalue weighted by atomic mass is 32.2. The molecule has 0 unspecified atom stereocenters. The maximum Gasteiger partial charge on any atom is 0.190 e. The van der Waals surface area contributed by atoms with Crippen molar-refractivity contribution in [3.63, 3.8) is 0 Å². The summed E-state index contributed by atoms with van der Waals surface area (Å²) >= 11 is 0. The molecule has 0 saturated carbocycles. The van der Waals surface area contributed by atoms with E-state index in [1.165, 1.54) is 6.07 Å². The number of benzene rings is 2. The average molecular weight is 482 g/mol. The van der Waals surface area contributed by atoms with Gasteiger partial charge >= 0.3 is 0 Å². The Hall–Kier alpha value is -2.86. The number of carbonyl (C=O) groups is 1. The Bertz CT molecular complexity index is 1270. The molecule has 0 aliphatic heterocycles. The lowest BCUT2D eigenvalue weighted by molar-refractivity contribution is 0.0992. The van der Waals surface area contributed by atoms with Gasteiger partial charge in [-0.2, -0.15) is 0 Å². The molecule has 0 aliphatic carbocycles. The van der Waals surface area contributed by atoms with Gasteiger partial charge in [0, 0.05) is 31.0 Å². The van der Waals surface area contributed by atoms with Gasteiger partial charge in [-0.1, -0.05) is 84.0 Å². The molecule has 5 nitrogen and oxygen atoms in total. The largest absolute Gasteiger partial charge is 0.507 e. The molecule has 0 amide bonds. The smallest absolute Gasteiger partial charge is 0.190 e. The fourth-order valence-electron chi connectivity index (χ4n) is 4.09. The number of aromatic nitrogens is 1. The second-order valence-electron chi connectivity index (χ2n) is 11.1. The van der Waals surface area contributed by atoms with Crippen LogP contribution in [-0.4, -0.2) is 30.1 Å². The summed E-state index contributed by atoms with van der Waals surface area (Å²) in [6.45, 7) is 12.5. The number of aromatic hydroxyl groups is 1. The van der Waals surface area contributed by atoms with Gasteiger partial charge in [0.1, 0.15) is 10.8 Å². The second kappa shape index (κ2) is 9.06. The minimum Gasteiger partial charge on any atom is -0.507 e. The number of rotatable bonds is 6. The molecule has 1 heterocycles. The molecule has 2 aromatic carbocycles. The van der Waals surface area contributed by atoms with Gasteiger partial charge in [-0.3, -0.25) is 4.79 Å². The fourth-order valence-corrected chi connectivity index (χ4v) is 4.97. The molecule has 0 bridgehead atoms. The molecule has 3 rings (SSSR count). The van der Waals surface area contributed by atoms with Crippen LogP contribution in [0.4, 0.5) is 0 Å². The van der Waals surface area contributed by atoms with E-state index in [2.05, 4.69) is 0 Å². The first kappa shape index (κ1) is 25.8. The van der Waals surface area contributed by atoms with Gasteiger partial charge in [0.05, 0.1) is 0 Å². The Morgan fingerprint density at radius 3 is 1.88 bits per heavy atom. The zero-order valence-corrected chi connectivity index (χ0v) is 22.0. The third kappa shape index (κ3) is 5.79. The van der Waals surface area contributed by atoms with E-state index in [9.17, 15) is 18.3 Å². The van der Waals surface area contributed by atoms with E-state index >= 15 is 0 Å². The molecule has 6 heteroatoms. The van der Waals surface area contributed by atoms with Gasteiger partial charge in [-0.25, -0.2) is 8.42 Å². The molecular formula is C28H35NO4S. The van der Waals surface area contributed by atoms with E-state index in [1.54, 1.807) is 10.8 Å². The lowest BCUT2D eigenvalue weighted by atomic mass is 9.78. The van der Waals surface area contributed by atoms with Crippen molar-refractivity contribution in [2.45, 2.75) is 70.4 Å². The van der Waals surface area contributed by atoms with E-state index in [1.807, 2.05) is 84.0 Å². The number of carbonyl (C=O) groups excluding carboxylic acids is 1. The van der Waals surface area contributed by atoms with E-state index in [-0.39, 0.29) is 33.8 Å². The predicted octanol–water partition coefficient (Wildman–Crippen LogP) is 5.67. The van der Waals surface area contributed by atoms with Crippen molar-refractivity contribution in [2.24, 2.45) is 0 Å². The van der Waals surface area contributed by atoms with Crippen molar-refractivity contribution < 1.29 is 18.3 Å². The van der Waals surface area contributed by atoms with Crippen molar-refractivity contribution in [2.75, 3.05) is 6.26 Å². The zero-order valence-electron chi connectivity index (χ0n) is 21.1. The van der Waals surface area contributed by atoms with Gasteiger partial charge in [0.25, 0.3) is 0 Å². The van der Waals surface area contributed by atoms with Crippen molar-refractivity contribution in [3.8, 4) is 5.75 Å². The maximum absolute atomic E-state index is 13.3. The summed E-state index contributed by atoms with van der Waals surface area (Å²) in [5.41, 5.74) is 3.10. The summed E-state index contributed by atoms with van der Waals surface area (Å²) in [6.07, 6.45) is 2.90. The molecule has 1 N–H and O–H groups in total. The Morgan fingerprint density at radius 2 is 1.41 bits per heavy atom. The zero-order chi connectivity index (χ0) is 25.5. The molecular weight excluding hydrogens is 446 g/mol. The molecule has 0 atom stereocenters. The first-order valence-corrected chi connectivity index (χ1v) is 13.3. The fraction of sp³-hybridized carbons (Fsp3) is 0.393. The standard InChI is InChI=1S/C28H35NO4S/c1-27(2,3)22-13-20(14-23(26(22)31)28(4,5)6)15-24(30)21-16-25(34(7,32)33)29(18-21)17-19-11-9-8-10-12-19/h8-14,16,18,31H,15,17H2,1-7H3. The highest BCUT2D eigenvalue weighted by Gasteiger charge is 2.27. The van der Waals surface area contributed by atoms with Crippen LogP contribution in [0.3, 0.4) is 0 Å². The van der Waals surface area contributed by atoms with Crippen LogP contribution < -0.4 is 0 Å². The minimum absolute atomic E-state index is 0.116. The average Bonchev–Trinajstić information content (AvgIpc) is 3.12. The van der Waals surface area contributed by atoms with E-state index < -0.39 is 9.84 Å². The summed E-state index contributed by atoms with van der Waals surface area (Å²) in [7, 11) is -3.52. The number of phenolic OH excluding ortho intramolecular Hbond substituents is 1. The minimum atomic E-state index is -3.52. The van der Waals surface area contributed by atoms with Gasteiger partial charge in [0.15, 0.2) is 15.6 Å². The number of Topliss-reactive ketones (excluding diaryl/α,β-unsaturated/α-hetero) is 1. The highest BCUT2D eigenvalue weighted by molar-refractivity contribution is 7.90. The Kier molecular flexibility index (Phi) is 6.87. The maximum atomic E-state index is 13.3. The first-order valence-electron chi connectivity index (χ1n) is 11.4. The van der Waals surface area contributed by atoms with Gasteiger partial charge < -0.3 is 9.67 Å².